The fourth-order valence-electron chi connectivity index (χ4n) is 2.23. The Morgan fingerprint density at radius 3 is 2.47 bits per heavy atom. The van der Waals surface area contributed by atoms with Crippen molar-refractivity contribution in [2.45, 2.75) is 32.6 Å². The molecule has 2 rings (SSSR count). The van der Waals surface area contributed by atoms with E-state index >= 15 is 0 Å². The van der Waals surface area contributed by atoms with Gasteiger partial charge in [-0.25, -0.2) is 0 Å². The van der Waals surface area contributed by atoms with Gasteiger partial charge in [-0.15, -0.1) is 0 Å². The average molecular weight is 280 g/mol. The second-order valence-electron chi connectivity index (χ2n) is 5.76. The first kappa shape index (κ1) is 14.5. The number of nitrogens with one attached hydrogen (secondary N) is 1. The smallest absolute Gasteiger partial charge is 0.144 e. The fraction of sp³-hybridized carbons (Fsp3) is 0.562. The third-order valence-electron chi connectivity index (χ3n) is 3.66. The Kier molecular flexibility index (Phi) is 5.00. The van der Waals surface area contributed by atoms with Gasteiger partial charge in [0, 0.05) is 17.5 Å². The number of halogens is 1. The molecule has 0 aliphatic heterocycles. The van der Waals surface area contributed by atoms with Crippen LogP contribution in [0.5, 0.6) is 0 Å². The molecule has 0 aromatic heterocycles. The maximum Gasteiger partial charge on any atom is 0.144 e. The summed E-state index contributed by atoms with van der Waals surface area (Å²) in [6.07, 6.45) is 2.66. The standard InChI is InChI=1S/C16H22ClNO/c1-11(2)16(19)15(10-18-9-12-3-4-12)13-5-7-14(17)8-6-13/h5-8,11-12,15,18H,3-4,9-10H2,1-2H3/t15-/m1/s1. The first-order valence-corrected chi connectivity index (χ1v) is 7.45. The third kappa shape index (κ3) is 4.32. The first-order chi connectivity index (χ1) is 9.08. The zero-order valence-corrected chi connectivity index (χ0v) is 12.4. The summed E-state index contributed by atoms with van der Waals surface area (Å²) in [4.78, 5) is 12.3. The highest BCUT2D eigenvalue weighted by Crippen LogP contribution is 2.28. The molecule has 1 saturated carbocycles. The minimum atomic E-state index is -0.0592. The van der Waals surface area contributed by atoms with Gasteiger partial charge in [0.15, 0.2) is 0 Å². The van der Waals surface area contributed by atoms with Crippen molar-refractivity contribution >= 4 is 17.4 Å². The van der Waals surface area contributed by atoms with Crippen LogP contribution >= 0.6 is 11.6 Å². The molecule has 3 heteroatoms. The van der Waals surface area contributed by atoms with Gasteiger partial charge in [-0.1, -0.05) is 37.6 Å². The number of benzene rings is 1. The molecule has 0 heterocycles. The molecular formula is C16H22ClNO. The number of hydrogen-bond donors (Lipinski definition) is 1. The predicted octanol–water partition coefficient (Wildman–Crippen LogP) is 3.65. The first-order valence-electron chi connectivity index (χ1n) is 7.08. The Labute approximate surface area is 120 Å². The van der Waals surface area contributed by atoms with E-state index in [0.717, 1.165) is 24.6 Å². The minimum absolute atomic E-state index is 0.0587. The number of carbonyl (C=O) groups is 1. The van der Waals surface area contributed by atoms with E-state index in [4.69, 9.17) is 11.6 Å². The summed E-state index contributed by atoms with van der Waals surface area (Å²) in [5.41, 5.74) is 1.06. The molecule has 0 spiro atoms. The summed E-state index contributed by atoms with van der Waals surface area (Å²) < 4.78 is 0. The second-order valence-corrected chi connectivity index (χ2v) is 6.20. The minimum Gasteiger partial charge on any atom is -0.315 e. The van der Waals surface area contributed by atoms with Gasteiger partial charge in [-0.2, -0.15) is 0 Å². The molecule has 0 amide bonds. The van der Waals surface area contributed by atoms with Gasteiger partial charge in [-0.05, 0) is 43.0 Å². The van der Waals surface area contributed by atoms with Crippen molar-refractivity contribution < 1.29 is 4.79 Å². The Balaban J connectivity index is 2.03. The van der Waals surface area contributed by atoms with E-state index in [1.807, 2.05) is 38.1 Å². The summed E-state index contributed by atoms with van der Waals surface area (Å²) >= 11 is 5.91. The topological polar surface area (TPSA) is 29.1 Å². The van der Waals surface area contributed by atoms with Gasteiger partial charge in [0.25, 0.3) is 0 Å². The van der Waals surface area contributed by atoms with Crippen molar-refractivity contribution in [1.82, 2.24) is 5.32 Å². The van der Waals surface area contributed by atoms with Crippen LogP contribution in [-0.2, 0) is 4.79 Å². The monoisotopic (exact) mass is 279 g/mol. The van der Waals surface area contributed by atoms with Crippen molar-refractivity contribution in [2.75, 3.05) is 13.1 Å². The van der Waals surface area contributed by atoms with E-state index in [1.54, 1.807) is 0 Å². The Morgan fingerprint density at radius 2 is 1.95 bits per heavy atom. The highest BCUT2D eigenvalue weighted by Gasteiger charge is 2.25. The van der Waals surface area contributed by atoms with Crippen molar-refractivity contribution in [2.24, 2.45) is 11.8 Å². The highest BCUT2D eigenvalue weighted by atomic mass is 35.5. The maximum atomic E-state index is 12.3. The van der Waals surface area contributed by atoms with Gasteiger partial charge in [-0.3, -0.25) is 4.79 Å². The molecule has 0 unspecified atom stereocenters. The van der Waals surface area contributed by atoms with Gasteiger partial charge in [0.05, 0.1) is 5.92 Å². The van der Waals surface area contributed by atoms with Crippen molar-refractivity contribution in [3.05, 3.63) is 34.9 Å². The molecule has 1 N–H and O–H groups in total. The Hall–Kier alpha value is -0.860. The summed E-state index contributed by atoms with van der Waals surface area (Å²) in [7, 11) is 0. The number of Topliss-reactive ketones (excluding diaryl/α,β-unsaturated/α-hetero) is 1. The van der Waals surface area contributed by atoms with Crippen molar-refractivity contribution in [3.8, 4) is 0 Å². The zero-order valence-electron chi connectivity index (χ0n) is 11.7. The summed E-state index contributed by atoms with van der Waals surface area (Å²) in [6, 6.07) is 7.65. The van der Waals surface area contributed by atoms with E-state index in [0.29, 0.717) is 10.8 Å². The predicted molar refractivity (Wildman–Crippen MR) is 79.6 cm³/mol. The van der Waals surface area contributed by atoms with Crippen LogP contribution in [0.1, 0.15) is 38.2 Å². The molecule has 0 saturated heterocycles. The number of rotatable bonds is 7. The molecular weight excluding hydrogens is 258 g/mol. The molecule has 1 aliphatic rings. The van der Waals surface area contributed by atoms with Crippen LogP contribution in [0.15, 0.2) is 24.3 Å². The molecule has 19 heavy (non-hydrogen) atoms. The SMILES string of the molecule is CC(C)C(=O)[C@H](CNCC1CC1)c1ccc(Cl)cc1. The highest BCUT2D eigenvalue weighted by molar-refractivity contribution is 6.30. The molecule has 2 nitrogen and oxygen atoms in total. The average Bonchev–Trinajstić information content (AvgIpc) is 3.19. The fourth-order valence-corrected chi connectivity index (χ4v) is 2.36. The molecule has 1 aromatic carbocycles. The lowest BCUT2D eigenvalue weighted by Gasteiger charge is -2.19. The third-order valence-corrected chi connectivity index (χ3v) is 3.92. The van der Waals surface area contributed by atoms with Gasteiger partial charge < -0.3 is 5.32 Å². The second kappa shape index (κ2) is 6.53. The van der Waals surface area contributed by atoms with E-state index in [9.17, 15) is 4.79 Å². The zero-order chi connectivity index (χ0) is 13.8. The summed E-state index contributed by atoms with van der Waals surface area (Å²) in [6.45, 7) is 5.70. The number of carbonyl (C=O) groups excluding carboxylic acids is 1. The van der Waals surface area contributed by atoms with Crippen LogP contribution in [0, 0.1) is 11.8 Å². The lowest BCUT2D eigenvalue weighted by Crippen LogP contribution is -2.30. The summed E-state index contributed by atoms with van der Waals surface area (Å²) in [5, 5.41) is 4.16. The maximum absolute atomic E-state index is 12.3. The van der Waals surface area contributed by atoms with Crippen LogP contribution in [0.25, 0.3) is 0 Å². The van der Waals surface area contributed by atoms with Crippen LogP contribution in [0.3, 0.4) is 0 Å². The van der Waals surface area contributed by atoms with Gasteiger partial charge in [0.2, 0.25) is 0 Å². The number of hydrogen-bond acceptors (Lipinski definition) is 2. The van der Waals surface area contributed by atoms with Crippen LogP contribution in [-0.4, -0.2) is 18.9 Å². The van der Waals surface area contributed by atoms with E-state index in [1.165, 1.54) is 12.8 Å². The van der Waals surface area contributed by atoms with Crippen molar-refractivity contribution in [1.29, 1.82) is 0 Å². The van der Waals surface area contributed by atoms with Gasteiger partial charge in [0.1, 0.15) is 5.78 Å². The van der Waals surface area contributed by atoms with Gasteiger partial charge >= 0.3 is 0 Å². The molecule has 1 atom stereocenters. The summed E-state index contributed by atoms with van der Waals surface area (Å²) in [5.74, 6) is 1.13. The van der Waals surface area contributed by atoms with E-state index in [-0.39, 0.29) is 11.8 Å². The lowest BCUT2D eigenvalue weighted by atomic mass is 9.89. The van der Waals surface area contributed by atoms with Crippen LogP contribution in [0.4, 0.5) is 0 Å². The van der Waals surface area contributed by atoms with Crippen LogP contribution < -0.4 is 5.32 Å². The molecule has 1 aliphatic carbocycles. The quantitative estimate of drug-likeness (QED) is 0.825. The Morgan fingerprint density at radius 1 is 1.32 bits per heavy atom. The van der Waals surface area contributed by atoms with Crippen molar-refractivity contribution in [3.63, 3.8) is 0 Å². The molecule has 1 aromatic rings. The molecule has 1 fully saturated rings. The Bertz CT molecular complexity index is 423. The lowest BCUT2D eigenvalue weighted by molar-refractivity contribution is -0.123. The largest absolute Gasteiger partial charge is 0.315 e. The van der Waals surface area contributed by atoms with Crippen LogP contribution in [0.2, 0.25) is 5.02 Å². The normalized spacial score (nSPS) is 16.6. The number of ketones is 1. The van der Waals surface area contributed by atoms with E-state index in [2.05, 4.69) is 5.32 Å². The molecule has 104 valence electrons. The molecule has 0 radical (unpaired) electrons. The molecule has 0 bridgehead atoms. The van der Waals surface area contributed by atoms with E-state index < -0.39 is 0 Å².